The Hall–Kier alpha value is -2.32. The number of hydrogen-bond acceptors (Lipinski definition) is 4. The van der Waals surface area contributed by atoms with Gasteiger partial charge in [-0.25, -0.2) is 17.2 Å². The summed E-state index contributed by atoms with van der Waals surface area (Å²) < 4.78 is 56.0. The Balaban J connectivity index is 1.56. The number of sulfone groups is 1. The minimum absolute atomic E-state index is 0.0169. The smallest absolute Gasteiger partial charge is 0.226 e. The summed E-state index contributed by atoms with van der Waals surface area (Å²) in [7, 11) is -3.09. The highest BCUT2D eigenvalue weighted by Crippen LogP contribution is 2.36. The molecular weight excluding hydrogens is 424 g/mol. The van der Waals surface area contributed by atoms with Crippen molar-refractivity contribution in [3.8, 4) is 11.1 Å². The van der Waals surface area contributed by atoms with E-state index in [0.29, 0.717) is 44.5 Å². The highest BCUT2D eigenvalue weighted by molar-refractivity contribution is 7.91. The first-order chi connectivity index (χ1) is 14.8. The molecule has 0 radical (unpaired) electrons. The van der Waals surface area contributed by atoms with Gasteiger partial charge in [-0.05, 0) is 54.5 Å². The van der Waals surface area contributed by atoms with Gasteiger partial charge in [0.2, 0.25) is 5.91 Å². The van der Waals surface area contributed by atoms with Crippen molar-refractivity contribution in [2.45, 2.75) is 31.7 Å². The van der Waals surface area contributed by atoms with Gasteiger partial charge < -0.3 is 10.1 Å². The van der Waals surface area contributed by atoms with Crippen LogP contribution in [0.2, 0.25) is 0 Å². The maximum Gasteiger partial charge on any atom is 0.226 e. The number of nitrogens with one attached hydrogen (secondary N) is 1. The summed E-state index contributed by atoms with van der Waals surface area (Å²) in [5.41, 5.74) is 1.50. The standard InChI is InChI=1S/C23H25F2NO4S/c24-20-5-4-18(13-21(20)25)17-3-1-2-16(12-17)14-23(7-9-30-10-8-23)22(27)26-19-6-11-31(28,29)15-19/h1-5,12-13,19H,6-11,14-15H2,(H,26,27)/t19-/m1/s1. The van der Waals surface area contributed by atoms with Crippen LogP contribution in [-0.2, 0) is 25.8 Å². The Bertz CT molecular complexity index is 1080. The molecule has 0 spiro atoms. The fourth-order valence-electron chi connectivity index (χ4n) is 4.42. The van der Waals surface area contributed by atoms with Crippen molar-refractivity contribution in [3.05, 3.63) is 59.7 Å². The van der Waals surface area contributed by atoms with E-state index in [9.17, 15) is 22.0 Å². The lowest BCUT2D eigenvalue weighted by atomic mass is 9.74. The molecule has 0 bridgehead atoms. The number of benzene rings is 2. The van der Waals surface area contributed by atoms with Gasteiger partial charge in [0.25, 0.3) is 0 Å². The lowest BCUT2D eigenvalue weighted by Crippen LogP contribution is -2.49. The van der Waals surface area contributed by atoms with Crippen LogP contribution in [0.25, 0.3) is 11.1 Å². The van der Waals surface area contributed by atoms with E-state index < -0.39 is 26.9 Å². The van der Waals surface area contributed by atoms with Gasteiger partial charge in [0.05, 0.1) is 16.9 Å². The lowest BCUT2D eigenvalue weighted by molar-refractivity contribution is -0.137. The fraction of sp³-hybridized carbons (Fsp3) is 0.435. The van der Waals surface area contributed by atoms with Crippen LogP contribution in [0.3, 0.4) is 0 Å². The third-order valence-electron chi connectivity index (χ3n) is 6.22. The average molecular weight is 450 g/mol. The number of amides is 1. The quantitative estimate of drug-likeness (QED) is 0.761. The van der Waals surface area contributed by atoms with Crippen LogP contribution in [0, 0.1) is 17.0 Å². The maximum absolute atomic E-state index is 13.7. The van der Waals surface area contributed by atoms with Gasteiger partial charge in [-0.3, -0.25) is 4.79 Å². The first-order valence-electron chi connectivity index (χ1n) is 10.4. The summed E-state index contributed by atoms with van der Waals surface area (Å²) in [4.78, 5) is 13.3. The summed E-state index contributed by atoms with van der Waals surface area (Å²) in [6.07, 6.45) is 1.97. The van der Waals surface area contributed by atoms with E-state index in [1.165, 1.54) is 6.07 Å². The molecule has 1 N–H and O–H groups in total. The summed E-state index contributed by atoms with van der Waals surface area (Å²) in [5.74, 6) is -1.86. The van der Waals surface area contributed by atoms with Crippen LogP contribution < -0.4 is 5.32 Å². The van der Waals surface area contributed by atoms with Crippen LogP contribution in [0.1, 0.15) is 24.8 Å². The summed E-state index contributed by atoms with van der Waals surface area (Å²) in [5, 5.41) is 2.96. The topological polar surface area (TPSA) is 72.5 Å². The van der Waals surface area contributed by atoms with Crippen molar-refractivity contribution >= 4 is 15.7 Å². The zero-order valence-electron chi connectivity index (χ0n) is 17.1. The normalized spacial score (nSPS) is 22.2. The summed E-state index contributed by atoms with van der Waals surface area (Å²) in [6, 6.07) is 10.9. The molecule has 2 saturated heterocycles. The van der Waals surface area contributed by atoms with Crippen molar-refractivity contribution in [1.29, 1.82) is 0 Å². The second kappa shape index (κ2) is 8.67. The molecule has 2 aliphatic heterocycles. The van der Waals surface area contributed by atoms with E-state index in [4.69, 9.17) is 4.74 Å². The summed E-state index contributed by atoms with van der Waals surface area (Å²) >= 11 is 0. The molecule has 2 aliphatic rings. The van der Waals surface area contributed by atoms with Crippen molar-refractivity contribution < 1.29 is 26.7 Å². The zero-order valence-corrected chi connectivity index (χ0v) is 17.9. The highest BCUT2D eigenvalue weighted by atomic mass is 32.2. The number of rotatable bonds is 5. The Morgan fingerprint density at radius 1 is 1.06 bits per heavy atom. The van der Waals surface area contributed by atoms with Crippen LogP contribution in [0.15, 0.2) is 42.5 Å². The molecule has 1 amide bonds. The maximum atomic E-state index is 13.7. The SMILES string of the molecule is O=C(N[C@@H]1CCS(=O)(=O)C1)C1(Cc2cccc(-c3ccc(F)c(F)c3)c2)CCOCC1. The zero-order chi connectivity index (χ0) is 22.1. The van der Waals surface area contributed by atoms with Gasteiger partial charge in [0, 0.05) is 19.3 Å². The van der Waals surface area contributed by atoms with Crippen LogP contribution in [0.5, 0.6) is 0 Å². The largest absolute Gasteiger partial charge is 0.381 e. The number of ether oxygens (including phenoxy) is 1. The van der Waals surface area contributed by atoms with Crippen LogP contribution in [0.4, 0.5) is 8.78 Å². The second-order valence-corrected chi connectivity index (χ2v) is 10.7. The molecule has 31 heavy (non-hydrogen) atoms. The first kappa shape index (κ1) is 21.9. The Kier molecular flexibility index (Phi) is 6.12. The molecule has 0 unspecified atom stereocenters. The molecule has 2 aromatic carbocycles. The molecule has 4 rings (SSSR count). The van der Waals surface area contributed by atoms with Gasteiger partial charge in [0.1, 0.15) is 0 Å². The first-order valence-corrected chi connectivity index (χ1v) is 12.2. The Morgan fingerprint density at radius 3 is 2.48 bits per heavy atom. The Labute approximate surface area is 180 Å². The lowest BCUT2D eigenvalue weighted by Gasteiger charge is -2.36. The third kappa shape index (κ3) is 4.96. The predicted molar refractivity (Wildman–Crippen MR) is 113 cm³/mol. The van der Waals surface area contributed by atoms with Crippen LogP contribution in [-0.4, -0.2) is 45.1 Å². The van der Waals surface area contributed by atoms with Gasteiger partial charge in [-0.1, -0.05) is 30.3 Å². The molecule has 5 nitrogen and oxygen atoms in total. The molecule has 2 heterocycles. The van der Waals surface area contributed by atoms with Gasteiger partial charge in [-0.15, -0.1) is 0 Å². The number of carbonyl (C=O) groups excluding carboxylic acids is 1. The van der Waals surface area contributed by atoms with E-state index in [1.54, 1.807) is 0 Å². The van der Waals surface area contributed by atoms with E-state index in [1.807, 2.05) is 24.3 Å². The molecule has 1 atom stereocenters. The van der Waals surface area contributed by atoms with Gasteiger partial charge in [-0.2, -0.15) is 0 Å². The summed E-state index contributed by atoms with van der Waals surface area (Å²) in [6.45, 7) is 0.915. The van der Waals surface area contributed by atoms with Gasteiger partial charge in [0.15, 0.2) is 21.5 Å². The van der Waals surface area contributed by atoms with E-state index >= 15 is 0 Å². The minimum Gasteiger partial charge on any atom is -0.381 e. The van der Waals surface area contributed by atoms with Crippen LogP contribution >= 0.6 is 0 Å². The van der Waals surface area contributed by atoms with Crippen molar-refractivity contribution in [2.24, 2.45) is 5.41 Å². The van der Waals surface area contributed by atoms with E-state index in [0.717, 1.165) is 23.3 Å². The van der Waals surface area contributed by atoms with Crippen molar-refractivity contribution in [1.82, 2.24) is 5.32 Å². The number of hydrogen-bond donors (Lipinski definition) is 1. The molecule has 2 fully saturated rings. The minimum atomic E-state index is -3.09. The molecule has 8 heteroatoms. The van der Waals surface area contributed by atoms with Crippen molar-refractivity contribution in [2.75, 3.05) is 24.7 Å². The van der Waals surface area contributed by atoms with Crippen molar-refractivity contribution in [3.63, 3.8) is 0 Å². The Morgan fingerprint density at radius 2 is 1.81 bits per heavy atom. The number of carbonyl (C=O) groups is 1. The van der Waals surface area contributed by atoms with Gasteiger partial charge >= 0.3 is 0 Å². The van der Waals surface area contributed by atoms with E-state index in [2.05, 4.69) is 5.32 Å². The predicted octanol–water partition coefficient (Wildman–Crippen LogP) is 3.27. The monoisotopic (exact) mass is 449 g/mol. The highest BCUT2D eigenvalue weighted by Gasteiger charge is 2.42. The molecule has 166 valence electrons. The molecule has 0 aliphatic carbocycles. The average Bonchev–Trinajstić information content (AvgIpc) is 3.09. The molecule has 0 saturated carbocycles. The molecule has 0 aromatic heterocycles. The fourth-order valence-corrected chi connectivity index (χ4v) is 6.09. The number of halogens is 2. The third-order valence-corrected chi connectivity index (χ3v) is 7.99. The van der Waals surface area contributed by atoms with E-state index in [-0.39, 0.29) is 23.5 Å². The second-order valence-electron chi connectivity index (χ2n) is 8.47. The molecular formula is C23H25F2NO4S. The molecule has 2 aromatic rings.